The molecule has 2 aliphatic heterocycles. The predicted molar refractivity (Wildman–Crippen MR) is 203 cm³/mol. The fraction of sp³-hybridized carbons (Fsp3) is 0.523. The van der Waals surface area contributed by atoms with E-state index in [-0.39, 0.29) is 47.2 Å². The quantitative estimate of drug-likeness (QED) is 0.0590. The number of unbranched alkanes of at least 4 members (excludes halogenated alkanes) is 16. The van der Waals surface area contributed by atoms with Crippen LogP contribution in [-0.2, 0) is 19.9 Å². The van der Waals surface area contributed by atoms with Gasteiger partial charge in [-0.15, -0.1) is 0 Å². The molecule has 1 atom stereocenters. The van der Waals surface area contributed by atoms with Gasteiger partial charge in [-0.05, 0) is 31.0 Å². The van der Waals surface area contributed by atoms with Gasteiger partial charge < -0.3 is 29.2 Å². The van der Waals surface area contributed by atoms with Gasteiger partial charge in [-0.25, -0.2) is 4.79 Å². The van der Waals surface area contributed by atoms with Crippen molar-refractivity contribution in [1.82, 2.24) is 0 Å². The van der Waals surface area contributed by atoms with E-state index < -0.39 is 29.3 Å². The maximum Gasteiger partial charge on any atom is 0.340 e. The highest BCUT2D eigenvalue weighted by Crippen LogP contribution is 2.62. The van der Waals surface area contributed by atoms with Crippen molar-refractivity contribution in [3.8, 4) is 34.5 Å². The first-order valence-electron chi connectivity index (χ1n) is 20.0. The molecule has 53 heavy (non-hydrogen) atoms. The summed E-state index contributed by atoms with van der Waals surface area (Å²) in [5.74, 6) is -2.72. The van der Waals surface area contributed by atoms with Crippen LogP contribution in [0, 0.1) is 0 Å². The third-order valence-electron chi connectivity index (χ3n) is 10.3. The van der Waals surface area contributed by atoms with E-state index in [1.807, 2.05) is 0 Å². The van der Waals surface area contributed by atoms with Crippen molar-refractivity contribution in [3.05, 3.63) is 70.8 Å². The number of carbonyl (C=O) groups excluding carboxylic acids is 3. The molecule has 9 heteroatoms. The van der Waals surface area contributed by atoms with Crippen LogP contribution in [0.3, 0.4) is 0 Å². The van der Waals surface area contributed by atoms with Crippen LogP contribution < -0.4 is 14.2 Å². The van der Waals surface area contributed by atoms with Crippen molar-refractivity contribution in [2.75, 3.05) is 0 Å². The monoisotopic (exact) mass is 728 g/mol. The first-order valence-corrected chi connectivity index (χ1v) is 20.0. The van der Waals surface area contributed by atoms with Crippen LogP contribution in [0.2, 0.25) is 0 Å². The Labute approximate surface area is 314 Å². The standard InChI is InChI=1S/C44H56O9/c1-3-5-7-9-11-13-15-17-19-25-38(47)51-41-35(46)30-37-40(42(41)52-39(48)26-20-18-16-14-12-10-8-6-4-2)44(34-28-27-31(45)29-36(34)50-37)33-24-22-21-23-32(33)43(49)53-44/h21-24,27-30,45-46H,3-20,25-26H2,1-2H3. The van der Waals surface area contributed by atoms with Gasteiger partial charge in [0.05, 0.1) is 11.1 Å². The van der Waals surface area contributed by atoms with Crippen LogP contribution in [0.25, 0.3) is 0 Å². The lowest BCUT2D eigenvalue weighted by Crippen LogP contribution is -2.34. The van der Waals surface area contributed by atoms with E-state index in [4.69, 9.17) is 18.9 Å². The molecule has 5 rings (SSSR count). The number of aromatic hydroxyl groups is 2. The number of fused-ring (bicyclic) bond motifs is 6. The van der Waals surface area contributed by atoms with Gasteiger partial charge in [0.25, 0.3) is 0 Å². The summed E-state index contributed by atoms with van der Waals surface area (Å²) in [6.45, 7) is 4.41. The minimum atomic E-state index is -1.70. The number of hydrogen-bond donors (Lipinski definition) is 2. The van der Waals surface area contributed by atoms with Gasteiger partial charge in [-0.1, -0.05) is 135 Å². The number of carbonyl (C=O) groups is 3. The van der Waals surface area contributed by atoms with E-state index >= 15 is 0 Å². The first kappa shape index (κ1) is 39.7. The zero-order valence-corrected chi connectivity index (χ0v) is 31.5. The summed E-state index contributed by atoms with van der Waals surface area (Å²) in [6.07, 6.45) is 19.7. The van der Waals surface area contributed by atoms with E-state index in [1.165, 1.54) is 82.4 Å². The number of hydrogen-bond acceptors (Lipinski definition) is 9. The highest BCUT2D eigenvalue weighted by atomic mass is 16.6. The Morgan fingerprint density at radius 3 is 1.74 bits per heavy atom. The third-order valence-corrected chi connectivity index (χ3v) is 10.3. The lowest BCUT2D eigenvalue weighted by molar-refractivity contribution is -0.137. The molecule has 3 aromatic rings. The van der Waals surface area contributed by atoms with Crippen molar-refractivity contribution in [2.45, 2.75) is 148 Å². The summed E-state index contributed by atoms with van der Waals surface area (Å²) in [5.41, 5.74) is -0.476. The molecule has 2 aliphatic rings. The van der Waals surface area contributed by atoms with Gasteiger partial charge in [0, 0.05) is 36.1 Å². The Hall–Kier alpha value is -4.53. The molecule has 286 valence electrons. The SMILES string of the molecule is CCCCCCCCCCCC(=O)Oc1c(O)cc2c(c1OC(=O)CCCCCCCCCCC)C1(OC(=O)c3ccccc31)c1ccc(O)cc1O2. The highest BCUT2D eigenvalue weighted by molar-refractivity contribution is 5.97. The van der Waals surface area contributed by atoms with Gasteiger partial charge >= 0.3 is 17.9 Å². The zero-order chi connectivity index (χ0) is 37.6. The van der Waals surface area contributed by atoms with Crippen molar-refractivity contribution < 1.29 is 43.5 Å². The Morgan fingerprint density at radius 1 is 0.623 bits per heavy atom. The Kier molecular flexibility index (Phi) is 14.6. The summed E-state index contributed by atoms with van der Waals surface area (Å²) in [4.78, 5) is 40.4. The molecule has 0 saturated heterocycles. The number of benzene rings is 3. The number of rotatable bonds is 22. The average molecular weight is 729 g/mol. The van der Waals surface area contributed by atoms with Gasteiger partial charge in [0.2, 0.25) is 5.75 Å². The maximum absolute atomic E-state index is 13.6. The molecule has 9 nitrogen and oxygen atoms in total. The molecule has 3 aromatic carbocycles. The second kappa shape index (κ2) is 19.5. The van der Waals surface area contributed by atoms with Crippen molar-refractivity contribution in [2.24, 2.45) is 0 Å². The molecule has 0 radical (unpaired) electrons. The van der Waals surface area contributed by atoms with Crippen LogP contribution in [0.1, 0.15) is 169 Å². The molecule has 0 saturated carbocycles. The Bertz CT molecular complexity index is 1710. The molecule has 0 fully saturated rings. The topological polar surface area (TPSA) is 129 Å². The number of ether oxygens (including phenoxy) is 4. The molecule has 2 N–H and O–H groups in total. The normalized spacial score (nSPS) is 15.3. The molecular weight excluding hydrogens is 672 g/mol. The van der Waals surface area contributed by atoms with Gasteiger partial charge in [0.15, 0.2) is 17.1 Å². The summed E-state index contributed by atoms with van der Waals surface area (Å²) >= 11 is 0. The summed E-state index contributed by atoms with van der Waals surface area (Å²) < 4.78 is 24.4. The van der Waals surface area contributed by atoms with Crippen molar-refractivity contribution >= 4 is 17.9 Å². The van der Waals surface area contributed by atoms with Crippen LogP contribution in [0.15, 0.2) is 48.5 Å². The molecule has 0 aliphatic carbocycles. The highest BCUT2D eigenvalue weighted by Gasteiger charge is 2.56. The van der Waals surface area contributed by atoms with Gasteiger partial charge in [0.1, 0.15) is 17.2 Å². The smallest absolute Gasteiger partial charge is 0.340 e. The second-order valence-corrected chi connectivity index (χ2v) is 14.4. The minimum Gasteiger partial charge on any atom is -0.508 e. The first-order chi connectivity index (χ1) is 25.8. The van der Waals surface area contributed by atoms with Crippen LogP contribution in [0.4, 0.5) is 0 Å². The van der Waals surface area contributed by atoms with Crippen LogP contribution >= 0.6 is 0 Å². The van der Waals surface area contributed by atoms with E-state index in [1.54, 1.807) is 30.3 Å². The Morgan fingerprint density at radius 2 is 1.15 bits per heavy atom. The minimum absolute atomic E-state index is 0.0229. The summed E-state index contributed by atoms with van der Waals surface area (Å²) in [5, 5.41) is 21.7. The van der Waals surface area contributed by atoms with E-state index in [2.05, 4.69) is 13.8 Å². The molecule has 1 unspecified atom stereocenters. The lowest BCUT2D eigenvalue weighted by atomic mass is 9.77. The molecular formula is C44H56O9. The fourth-order valence-corrected chi connectivity index (χ4v) is 7.45. The van der Waals surface area contributed by atoms with Gasteiger partial charge in [-0.3, -0.25) is 9.59 Å². The number of phenolic OH excluding ortho intramolecular Hbond substituents is 2. The summed E-state index contributed by atoms with van der Waals surface area (Å²) in [6, 6.07) is 12.6. The summed E-state index contributed by atoms with van der Waals surface area (Å²) in [7, 11) is 0. The molecule has 0 amide bonds. The molecule has 0 aromatic heterocycles. The maximum atomic E-state index is 13.6. The molecule has 0 bridgehead atoms. The van der Waals surface area contributed by atoms with E-state index in [0.717, 1.165) is 38.5 Å². The largest absolute Gasteiger partial charge is 0.508 e. The van der Waals surface area contributed by atoms with Crippen LogP contribution in [0.5, 0.6) is 34.5 Å². The van der Waals surface area contributed by atoms with Crippen molar-refractivity contribution in [3.63, 3.8) is 0 Å². The lowest BCUT2D eigenvalue weighted by Gasteiger charge is -2.37. The Balaban J connectivity index is 1.41. The van der Waals surface area contributed by atoms with Crippen LogP contribution in [-0.4, -0.2) is 28.1 Å². The van der Waals surface area contributed by atoms with E-state index in [9.17, 15) is 24.6 Å². The third kappa shape index (κ3) is 9.72. The second-order valence-electron chi connectivity index (χ2n) is 14.4. The predicted octanol–water partition coefficient (Wildman–Crippen LogP) is 11.3. The van der Waals surface area contributed by atoms with Crippen molar-refractivity contribution in [1.29, 1.82) is 0 Å². The zero-order valence-electron chi connectivity index (χ0n) is 31.5. The average Bonchev–Trinajstić information content (AvgIpc) is 3.43. The molecule has 1 spiro atoms. The fourth-order valence-electron chi connectivity index (χ4n) is 7.45. The molecule has 2 heterocycles. The number of phenols is 2. The number of esters is 3. The van der Waals surface area contributed by atoms with Gasteiger partial charge in [-0.2, -0.15) is 0 Å². The van der Waals surface area contributed by atoms with E-state index in [0.29, 0.717) is 29.5 Å².